The summed E-state index contributed by atoms with van der Waals surface area (Å²) >= 11 is 5.03. The first-order valence-corrected chi connectivity index (χ1v) is 13.8. The predicted octanol–water partition coefficient (Wildman–Crippen LogP) is 4.83. The maximum absolute atomic E-state index is 13.3. The molecule has 1 aliphatic rings. The molecule has 0 spiro atoms. The molecule has 2 aromatic heterocycles. The summed E-state index contributed by atoms with van der Waals surface area (Å²) in [5, 5.41) is 12.6. The molecule has 2 aromatic carbocycles. The van der Waals surface area contributed by atoms with Gasteiger partial charge in [0.2, 0.25) is 0 Å². The van der Waals surface area contributed by atoms with Crippen molar-refractivity contribution in [3.05, 3.63) is 45.6 Å². The maximum atomic E-state index is 13.3. The number of benzene rings is 2. The molecular formula is C26H29BrN4O5S. The van der Waals surface area contributed by atoms with Crippen LogP contribution in [0.15, 0.2) is 33.9 Å². The van der Waals surface area contributed by atoms with Crippen LogP contribution >= 0.6 is 27.7 Å². The fourth-order valence-electron chi connectivity index (χ4n) is 4.70. The summed E-state index contributed by atoms with van der Waals surface area (Å²) in [7, 11) is 3.57. The molecule has 37 heavy (non-hydrogen) atoms. The number of morpholine rings is 1. The van der Waals surface area contributed by atoms with Gasteiger partial charge >= 0.3 is 5.97 Å². The zero-order valence-corrected chi connectivity index (χ0v) is 23.4. The molecule has 0 radical (unpaired) electrons. The minimum Gasteiger partial charge on any atom is -0.506 e. The first-order chi connectivity index (χ1) is 17.9. The Bertz CT molecular complexity index is 1460. The van der Waals surface area contributed by atoms with E-state index in [9.17, 15) is 9.90 Å². The molecule has 4 aromatic rings. The Morgan fingerprint density at radius 2 is 2.08 bits per heavy atom. The average molecular weight is 590 g/mol. The number of hydrogen-bond acceptors (Lipinski definition) is 8. The average Bonchev–Trinajstić information content (AvgIpc) is 3.43. The summed E-state index contributed by atoms with van der Waals surface area (Å²) in [6.45, 7) is 5.35. The van der Waals surface area contributed by atoms with Crippen LogP contribution in [-0.2, 0) is 28.8 Å². The van der Waals surface area contributed by atoms with Gasteiger partial charge in [-0.3, -0.25) is 4.90 Å². The summed E-state index contributed by atoms with van der Waals surface area (Å²) in [4.78, 5) is 23.6. The number of aromatic hydroxyl groups is 1. The van der Waals surface area contributed by atoms with E-state index < -0.39 is 5.97 Å². The molecule has 0 bridgehead atoms. The van der Waals surface area contributed by atoms with Crippen LogP contribution in [0.1, 0.15) is 28.5 Å². The lowest BCUT2D eigenvalue weighted by molar-refractivity contribution is 0.0340. The van der Waals surface area contributed by atoms with Gasteiger partial charge in [-0.2, -0.15) is 0 Å². The highest BCUT2D eigenvalue weighted by Crippen LogP contribution is 2.41. The van der Waals surface area contributed by atoms with Crippen LogP contribution in [0.3, 0.4) is 0 Å². The van der Waals surface area contributed by atoms with Gasteiger partial charge in [0.1, 0.15) is 11.5 Å². The molecule has 0 unspecified atom stereocenters. The van der Waals surface area contributed by atoms with E-state index in [-0.39, 0.29) is 12.4 Å². The summed E-state index contributed by atoms with van der Waals surface area (Å²) in [6.07, 6.45) is 0. The zero-order valence-electron chi connectivity index (χ0n) is 21.0. The topological polar surface area (TPSA) is 102 Å². The molecule has 11 heteroatoms. The second kappa shape index (κ2) is 10.9. The summed E-state index contributed by atoms with van der Waals surface area (Å²) < 4.78 is 18.9. The number of imidazole rings is 1. The smallest absolute Gasteiger partial charge is 0.340 e. The Morgan fingerprint density at radius 1 is 1.30 bits per heavy atom. The van der Waals surface area contributed by atoms with E-state index in [1.165, 1.54) is 11.8 Å². The molecule has 3 heterocycles. The molecule has 1 fully saturated rings. The third kappa shape index (κ3) is 5.05. The van der Waals surface area contributed by atoms with Crippen molar-refractivity contribution in [1.29, 1.82) is 0 Å². The van der Waals surface area contributed by atoms with Crippen molar-refractivity contribution in [3.8, 4) is 11.5 Å². The molecule has 1 aliphatic heterocycles. The van der Waals surface area contributed by atoms with E-state index in [4.69, 9.17) is 14.2 Å². The maximum Gasteiger partial charge on any atom is 0.340 e. The number of carbonyl (C=O) groups is 1. The highest BCUT2D eigenvalue weighted by atomic mass is 79.9. The number of H-pyrrole nitrogens is 1. The number of aromatic amines is 1. The van der Waals surface area contributed by atoms with Crippen LogP contribution in [-0.4, -0.2) is 70.5 Å². The number of aryl methyl sites for hydroxylation is 1. The third-order valence-corrected chi connectivity index (χ3v) is 8.11. The van der Waals surface area contributed by atoms with E-state index in [0.717, 1.165) is 51.6 Å². The fraction of sp³-hybridized carbons (Fsp3) is 0.385. The van der Waals surface area contributed by atoms with E-state index in [1.54, 1.807) is 14.0 Å². The molecule has 5 rings (SSSR count). The molecule has 0 aliphatic carbocycles. The number of nitrogens with zero attached hydrogens (tertiary/aromatic N) is 3. The molecule has 0 atom stereocenters. The number of carbonyl (C=O) groups excluding carboxylic acids is 1. The van der Waals surface area contributed by atoms with Gasteiger partial charge in [-0.15, -0.1) is 0 Å². The van der Waals surface area contributed by atoms with E-state index in [2.05, 4.69) is 30.8 Å². The summed E-state index contributed by atoms with van der Waals surface area (Å²) in [5.41, 5.74) is 4.56. The molecule has 9 nitrogen and oxygen atoms in total. The largest absolute Gasteiger partial charge is 0.506 e. The van der Waals surface area contributed by atoms with Gasteiger partial charge in [-0.1, -0.05) is 11.8 Å². The lowest BCUT2D eigenvalue weighted by Crippen LogP contribution is -2.35. The molecule has 196 valence electrons. The minimum absolute atomic E-state index is 0.139. The number of ether oxygens (including phenoxy) is 3. The lowest BCUT2D eigenvalue weighted by atomic mass is 10.0. The van der Waals surface area contributed by atoms with Gasteiger partial charge in [0.05, 0.1) is 53.5 Å². The van der Waals surface area contributed by atoms with E-state index >= 15 is 0 Å². The van der Waals surface area contributed by atoms with Gasteiger partial charge < -0.3 is 28.9 Å². The molecule has 0 saturated carbocycles. The van der Waals surface area contributed by atoms with Crippen LogP contribution in [0.2, 0.25) is 0 Å². The zero-order chi connectivity index (χ0) is 26.1. The number of methoxy groups -OCH3 is 1. The van der Waals surface area contributed by atoms with Crippen molar-refractivity contribution in [2.24, 2.45) is 7.05 Å². The summed E-state index contributed by atoms with van der Waals surface area (Å²) in [5.74, 6) is 0.960. The number of esters is 1. The quantitative estimate of drug-likeness (QED) is 0.223. The number of fused-ring (bicyclic) bond motifs is 2. The van der Waals surface area contributed by atoms with Gasteiger partial charge in [-0.25, -0.2) is 9.78 Å². The monoisotopic (exact) mass is 588 g/mol. The number of thioether (sulfide) groups is 1. The SMILES string of the molecule is CCOC(=O)c1c(CSc2nc3cc(OC)ccc3[nH]2)n(C)c2cc(Br)c(O)c(CN3CCOCC3)c12. The Morgan fingerprint density at radius 3 is 2.81 bits per heavy atom. The molecule has 1 saturated heterocycles. The normalized spacial score (nSPS) is 14.5. The van der Waals surface area contributed by atoms with Gasteiger partial charge in [-0.05, 0) is 41.1 Å². The van der Waals surface area contributed by atoms with E-state index in [1.807, 2.05) is 35.9 Å². The highest BCUT2D eigenvalue weighted by molar-refractivity contribution is 9.10. The third-order valence-electron chi connectivity index (χ3n) is 6.62. The van der Waals surface area contributed by atoms with Crippen molar-refractivity contribution >= 4 is 55.6 Å². The number of nitrogens with one attached hydrogen (secondary N) is 1. The standard InChI is InChI=1S/C26H29BrN4O5S/c1-4-36-25(33)23-21(14-37-26-28-18-6-5-15(34-3)11-19(18)29-26)30(2)20-12-17(27)24(32)16(22(20)23)13-31-7-9-35-10-8-31/h5-6,11-12,32H,4,7-10,13-14H2,1-3H3,(H,28,29). The second-order valence-corrected chi connectivity index (χ2v) is 10.6. The Kier molecular flexibility index (Phi) is 7.66. The van der Waals surface area contributed by atoms with E-state index in [0.29, 0.717) is 41.1 Å². The number of rotatable bonds is 8. The van der Waals surface area contributed by atoms with Crippen molar-refractivity contribution in [1.82, 2.24) is 19.4 Å². The molecule has 0 amide bonds. The number of aromatic nitrogens is 3. The first-order valence-electron chi connectivity index (χ1n) is 12.1. The number of phenolic OH excluding ortho intramolecular Hbond substituents is 1. The van der Waals surface area contributed by atoms with Crippen LogP contribution in [0.5, 0.6) is 11.5 Å². The van der Waals surface area contributed by atoms with Gasteiger partial charge in [0.25, 0.3) is 0 Å². The van der Waals surface area contributed by atoms with Crippen molar-refractivity contribution in [3.63, 3.8) is 0 Å². The minimum atomic E-state index is -0.400. The Hall–Kier alpha value is -2.73. The van der Waals surface area contributed by atoms with Crippen LogP contribution in [0, 0.1) is 0 Å². The Labute approximate surface area is 227 Å². The van der Waals surface area contributed by atoms with Gasteiger partial charge in [0.15, 0.2) is 5.16 Å². The fourth-order valence-corrected chi connectivity index (χ4v) is 6.11. The first kappa shape index (κ1) is 25.9. The van der Waals surface area contributed by atoms with Crippen LogP contribution in [0.4, 0.5) is 0 Å². The van der Waals surface area contributed by atoms with Crippen molar-refractivity contribution in [2.45, 2.75) is 24.4 Å². The molecular weight excluding hydrogens is 560 g/mol. The summed E-state index contributed by atoms with van der Waals surface area (Å²) in [6, 6.07) is 7.56. The Balaban J connectivity index is 1.57. The highest BCUT2D eigenvalue weighted by Gasteiger charge is 2.28. The lowest BCUT2D eigenvalue weighted by Gasteiger charge is -2.27. The molecule has 2 N–H and O–H groups in total. The van der Waals surface area contributed by atoms with Crippen molar-refractivity contribution < 1.29 is 24.1 Å². The van der Waals surface area contributed by atoms with Crippen LogP contribution < -0.4 is 4.74 Å². The number of halogens is 1. The number of hydrogen-bond donors (Lipinski definition) is 2. The van der Waals surface area contributed by atoms with Crippen molar-refractivity contribution in [2.75, 3.05) is 40.0 Å². The second-order valence-electron chi connectivity index (χ2n) is 8.78. The van der Waals surface area contributed by atoms with Crippen LogP contribution in [0.25, 0.3) is 21.9 Å². The predicted molar refractivity (Wildman–Crippen MR) is 147 cm³/mol. The van der Waals surface area contributed by atoms with Gasteiger partial charge in [0, 0.05) is 55.1 Å². The number of phenols is 1.